The van der Waals surface area contributed by atoms with Crippen molar-refractivity contribution in [1.82, 2.24) is 14.8 Å². The summed E-state index contributed by atoms with van der Waals surface area (Å²) in [6.07, 6.45) is 6.18. The Hall–Kier alpha value is -2.90. The molecule has 0 N–H and O–H groups in total. The molecule has 0 spiro atoms. The molecule has 2 saturated heterocycles. The van der Waals surface area contributed by atoms with Crippen molar-refractivity contribution in [2.75, 3.05) is 32.8 Å². The smallest absolute Gasteiger partial charge is 0.273 e. The number of hydrogen-bond acceptors (Lipinski definition) is 6. The predicted octanol–water partition coefficient (Wildman–Crippen LogP) is 4.72. The van der Waals surface area contributed by atoms with Crippen LogP contribution in [-0.2, 0) is 4.79 Å². The number of rotatable bonds is 7. The number of aromatic nitrogens is 1. The van der Waals surface area contributed by atoms with E-state index in [2.05, 4.69) is 22.0 Å². The summed E-state index contributed by atoms with van der Waals surface area (Å²) in [7, 11) is 0. The monoisotopic (exact) mass is 477 g/mol. The van der Waals surface area contributed by atoms with Crippen LogP contribution < -0.4 is 9.47 Å². The van der Waals surface area contributed by atoms with Gasteiger partial charge in [0.2, 0.25) is 0 Å². The van der Waals surface area contributed by atoms with E-state index in [0.29, 0.717) is 6.04 Å². The second-order valence-corrected chi connectivity index (χ2v) is 9.80. The van der Waals surface area contributed by atoms with E-state index in [1.807, 2.05) is 52.7 Å². The number of benzene rings is 2. The molecule has 34 heavy (non-hydrogen) atoms. The molecule has 7 heteroatoms. The van der Waals surface area contributed by atoms with Gasteiger partial charge in [-0.2, -0.15) is 0 Å². The summed E-state index contributed by atoms with van der Waals surface area (Å²) in [5.41, 5.74) is 2.31. The molecular formula is C27H31N3O3S. The number of amides is 1. The van der Waals surface area contributed by atoms with Crippen molar-refractivity contribution in [3.05, 3.63) is 66.2 Å². The van der Waals surface area contributed by atoms with E-state index in [9.17, 15) is 4.79 Å². The zero-order chi connectivity index (χ0) is 23.2. The summed E-state index contributed by atoms with van der Waals surface area (Å²) in [4.78, 5) is 21.5. The van der Waals surface area contributed by atoms with Crippen LogP contribution in [0.2, 0.25) is 0 Å². The molecule has 0 aliphatic carbocycles. The first-order chi connectivity index (χ1) is 16.7. The fraction of sp³-hybridized carbons (Fsp3) is 0.407. The quantitative estimate of drug-likeness (QED) is 0.493. The van der Waals surface area contributed by atoms with E-state index < -0.39 is 0 Å². The van der Waals surface area contributed by atoms with Crippen molar-refractivity contribution in [3.63, 3.8) is 0 Å². The summed E-state index contributed by atoms with van der Waals surface area (Å²) in [5, 5.41) is 2.73. The molecular weight excluding hydrogens is 446 g/mol. The van der Waals surface area contributed by atoms with Crippen molar-refractivity contribution in [2.45, 2.75) is 37.8 Å². The summed E-state index contributed by atoms with van der Waals surface area (Å²) >= 11 is 1.56. The molecule has 6 nitrogen and oxygen atoms in total. The third kappa shape index (κ3) is 5.77. The average molecular weight is 478 g/mol. The van der Waals surface area contributed by atoms with Crippen LogP contribution >= 0.6 is 11.3 Å². The van der Waals surface area contributed by atoms with Crippen molar-refractivity contribution in [2.24, 2.45) is 0 Å². The highest BCUT2D eigenvalue weighted by Crippen LogP contribution is 2.25. The van der Waals surface area contributed by atoms with Gasteiger partial charge in [-0.3, -0.25) is 9.69 Å². The van der Waals surface area contributed by atoms with Crippen LogP contribution in [0.3, 0.4) is 0 Å². The Bertz CT molecular complexity index is 1030. The van der Waals surface area contributed by atoms with Crippen LogP contribution in [0.25, 0.3) is 11.1 Å². The van der Waals surface area contributed by atoms with Crippen LogP contribution in [0, 0.1) is 0 Å². The van der Waals surface area contributed by atoms with Gasteiger partial charge in [-0.25, -0.2) is 4.98 Å². The molecule has 0 bridgehead atoms. The predicted molar refractivity (Wildman–Crippen MR) is 134 cm³/mol. The molecule has 5 rings (SSSR count). The third-order valence-corrected chi connectivity index (χ3v) is 7.47. The highest BCUT2D eigenvalue weighted by atomic mass is 32.1. The molecule has 1 amide bonds. The van der Waals surface area contributed by atoms with Gasteiger partial charge in [0.05, 0.1) is 0 Å². The molecule has 0 radical (unpaired) electrons. The standard InChI is InChI=1S/C27H31N3O3S/c31-26(20-32-24-8-6-22(7-9-24)21-4-2-1-3-5-21)30-15-10-23(11-16-30)29-17-12-25(13-18-29)33-27-28-14-19-34-27/h1-9,14,19,23,25H,10-13,15-18,20H2. The van der Waals surface area contributed by atoms with Gasteiger partial charge >= 0.3 is 0 Å². The summed E-state index contributed by atoms with van der Waals surface area (Å²) in [6, 6.07) is 18.7. The molecule has 2 aliphatic heterocycles. The maximum absolute atomic E-state index is 12.7. The minimum Gasteiger partial charge on any atom is -0.484 e. The van der Waals surface area contributed by atoms with E-state index in [0.717, 1.165) is 68.4 Å². The largest absolute Gasteiger partial charge is 0.484 e. The van der Waals surface area contributed by atoms with Crippen molar-refractivity contribution in [3.8, 4) is 22.1 Å². The second-order valence-electron chi connectivity index (χ2n) is 8.94. The van der Waals surface area contributed by atoms with Crippen LogP contribution in [0.1, 0.15) is 25.7 Å². The minimum absolute atomic E-state index is 0.0705. The molecule has 3 heterocycles. The number of carbonyl (C=O) groups is 1. The lowest BCUT2D eigenvalue weighted by Gasteiger charge is -2.41. The molecule has 0 saturated carbocycles. The number of ether oxygens (including phenoxy) is 2. The summed E-state index contributed by atoms with van der Waals surface area (Å²) < 4.78 is 11.8. The van der Waals surface area contributed by atoms with Crippen LogP contribution in [0.5, 0.6) is 10.9 Å². The summed E-state index contributed by atoms with van der Waals surface area (Å²) in [5.74, 6) is 0.798. The number of piperidine rings is 2. The van der Waals surface area contributed by atoms with Crippen LogP contribution in [-0.4, -0.2) is 65.6 Å². The lowest BCUT2D eigenvalue weighted by Crippen LogP contribution is -2.50. The Morgan fingerprint density at radius 3 is 2.29 bits per heavy atom. The number of likely N-dealkylation sites (tertiary alicyclic amines) is 2. The molecule has 2 aliphatic rings. The van der Waals surface area contributed by atoms with E-state index in [1.54, 1.807) is 17.5 Å². The first-order valence-electron chi connectivity index (χ1n) is 12.1. The van der Waals surface area contributed by atoms with Gasteiger partial charge in [0.1, 0.15) is 11.9 Å². The maximum Gasteiger partial charge on any atom is 0.273 e. The van der Waals surface area contributed by atoms with Crippen molar-refractivity contribution < 1.29 is 14.3 Å². The topological polar surface area (TPSA) is 54.9 Å². The number of carbonyl (C=O) groups excluding carboxylic acids is 1. The third-order valence-electron chi connectivity index (χ3n) is 6.81. The number of nitrogens with zero attached hydrogens (tertiary/aromatic N) is 3. The highest BCUT2D eigenvalue weighted by Gasteiger charge is 2.30. The molecule has 1 aromatic heterocycles. The Balaban J connectivity index is 1.03. The molecule has 0 unspecified atom stereocenters. The van der Waals surface area contributed by atoms with Gasteiger partial charge < -0.3 is 14.4 Å². The van der Waals surface area contributed by atoms with Crippen molar-refractivity contribution >= 4 is 17.2 Å². The SMILES string of the molecule is O=C(COc1ccc(-c2ccccc2)cc1)N1CCC(N2CCC(Oc3nccs3)CC2)CC1. The zero-order valence-corrected chi connectivity index (χ0v) is 20.2. The van der Waals surface area contributed by atoms with Gasteiger partial charge in [-0.1, -0.05) is 53.8 Å². The van der Waals surface area contributed by atoms with E-state index in [1.165, 1.54) is 5.56 Å². The van der Waals surface area contributed by atoms with Crippen molar-refractivity contribution in [1.29, 1.82) is 0 Å². The number of thiazole rings is 1. The lowest BCUT2D eigenvalue weighted by molar-refractivity contribution is -0.135. The Morgan fingerprint density at radius 1 is 0.912 bits per heavy atom. The zero-order valence-electron chi connectivity index (χ0n) is 19.3. The fourth-order valence-electron chi connectivity index (χ4n) is 4.86. The maximum atomic E-state index is 12.7. The number of hydrogen-bond donors (Lipinski definition) is 0. The normalized spacial score (nSPS) is 18.1. The van der Waals surface area contributed by atoms with Gasteiger partial charge in [0.15, 0.2) is 6.61 Å². The van der Waals surface area contributed by atoms with Gasteiger partial charge in [-0.15, -0.1) is 0 Å². The first kappa shape index (κ1) is 22.9. The molecule has 0 atom stereocenters. The fourth-order valence-corrected chi connectivity index (χ4v) is 5.41. The first-order valence-corrected chi connectivity index (χ1v) is 13.0. The van der Waals surface area contributed by atoms with Gasteiger partial charge in [0.25, 0.3) is 11.1 Å². The van der Waals surface area contributed by atoms with E-state index >= 15 is 0 Å². The lowest BCUT2D eigenvalue weighted by atomic mass is 9.99. The molecule has 2 aromatic carbocycles. The Labute approximate surface area is 205 Å². The Morgan fingerprint density at radius 2 is 1.62 bits per heavy atom. The van der Waals surface area contributed by atoms with Gasteiger partial charge in [0, 0.05) is 43.8 Å². The summed E-state index contributed by atoms with van der Waals surface area (Å²) in [6.45, 7) is 3.80. The molecule has 2 fully saturated rings. The minimum atomic E-state index is 0.0705. The average Bonchev–Trinajstić information content (AvgIpc) is 3.42. The molecule has 178 valence electrons. The Kier molecular flexibility index (Phi) is 7.41. The second kappa shape index (κ2) is 11.0. The van der Waals surface area contributed by atoms with Crippen LogP contribution in [0.15, 0.2) is 66.2 Å². The van der Waals surface area contributed by atoms with Crippen LogP contribution in [0.4, 0.5) is 0 Å². The molecule has 3 aromatic rings. The van der Waals surface area contributed by atoms with Gasteiger partial charge in [-0.05, 0) is 48.9 Å². The highest BCUT2D eigenvalue weighted by molar-refractivity contribution is 7.11. The van der Waals surface area contributed by atoms with E-state index in [-0.39, 0.29) is 18.6 Å². The van der Waals surface area contributed by atoms with E-state index in [4.69, 9.17) is 9.47 Å².